The summed E-state index contributed by atoms with van der Waals surface area (Å²) in [6, 6.07) is 7.49. The van der Waals surface area contributed by atoms with Crippen LogP contribution in [0.4, 0.5) is 8.78 Å². The van der Waals surface area contributed by atoms with E-state index in [0.717, 1.165) is 24.7 Å². The average molecular weight is 262 g/mol. The van der Waals surface area contributed by atoms with Crippen LogP contribution in [-0.4, -0.2) is 11.5 Å². The number of halogens is 2. The van der Waals surface area contributed by atoms with E-state index < -0.39 is 5.82 Å². The lowest BCUT2D eigenvalue weighted by molar-refractivity contribution is 0.573. The third-order valence-corrected chi connectivity index (χ3v) is 2.84. The standard InChI is InChI=1S/C15H16F2N2/c1-2-6-19-15(11-4-3-5-13(16)7-11)12-8-14(17)10-18-9-12/h3-5,7-10,15,19H,2,6H2,1H3. The molecular formula is C15H16F2N2. The molecule has 4 heteroatoms. The normalized spacial score (nSPS) is 12.4. The first-order valence-corrected chi connectivity index (χ1v) is 6.30. The molecule has 1 atom stereocenters. The molecule has 0 saturated heterocycles. The Kier molecular flexibility index (Phi) is 4.58. The maximum atomic E-state index is 13.3. The monoisotopic (exact) mass is 262 g/mol. The van der Waals surface area contributed by atoms with Crippen molar-refractivity contribution in [3.05, 3.63) is 65.5 Å². The summed E-state index contributed by atoms with van der Waals surface area (Å²) in [6.07, 6.45) is 3.70. The fourth-order valence-corrected chi connectivity index (χ4v) is 1.99. The summed E-state index contributed by atoms with van der Waals surface area (Å²) in [5.74, 6) is -0.692. The van der Waals surface area contributed by atoms with Crippen molar-refractivity contribution in [1.82, 2.24) is 10.3 Å². The van der Waals surface area contributed by atoms with Crippen molar-refractivity contribution in [2.75, 3.05) is 6.54 Å². The number of nitrogens with one attached hydrogen (secondary N) is 1. The molecule has 1 N–H and O–H groups in total. The number of aromatic nitrogens is 1. The molecule has 0 aliphatic heterocycles. The van der Waals surface area contributed by atoms with Crippen LogP contribution in [0.5, 0.6) is 0 Å². The molecule has 1 heterocycles. The van der Waals surface area contributed by atoms with E-state index in [0.29, 0.717) is 5.56 Å². The van der Waals surface area contributed by atoms with Crippen molar-refractivity contribution in [3.63, 3.8) is 0 Å². The van der Waals surface area contributed by atoms with Gasteiger partial charge in [-0.3, -0.25) is 4.98 Å². The number of rotatable bonds is 5. The SMILES string of the molecule is CCCNC(c1cccc(F)c1)c1cncc(F)c1. The fraction of sp³-hybridized carbons (Fsp3) is 0.267. The molecule has 1 aromatic carbocycles. The average Bonchev–Trinajstić information content (AvgIpc) is 2.39. The van der Waals surface area contributed by atoms with Gasteiger partial charge in [-0.15, -0.1) is 0 Å². The second-order valence-corrected chi connectivity index (χ2v) is 4.38. The van der Waals surface area contributed by atoms with Crippen LogP contribution in [0.2, 0.25) is 0 Å². The predicted molar refractivity (Wildman–Crippen MR) is 70.7 cm³/mol. The van der Waals surface area contributed by atoms with E-state index in [4.69, 9.17) is 0 Å². The third-order valence-electron chi connectivity index (χ3n) is 2.84. The summed E-state index contributed by atoms with van der Waals surface area (Å²) >= 11 is 0. The largest absolute Gasteiger partial charge is 0.306 e. The Morgan fingerprint density at radius 3 is 2.58 bits per heavy atom. The number of benzene rings is 1. The zero-order valence-electron chi connectivity index (χ0n) is 10.7. The summed E-state index contributed by atoms with van der Waals surface area (Å²) in [5.41, 5.74) is 1.46. The minimum atomic E-state index is -0.391. The smallest absolute Gasteiger partial charge is 0.141 e. The van der Waals surface area contributed by atoms with E-state index in [1.165, 1.54) is 18.2 Å². The van der Waals surface area contributed by atoms with Crippen LogP contribution in [0.1, 0.15) is 30.5 Å². The Hall–Kier alpha value is -1.81. The van der Waals surface area contributed by atoms with Gasteiger partial charge in [-0.2, -0.15) is 0 Å². The zero-order valence-corrected chi connectivity index (χ0v) is 10.7. The first kappa shape index (κ1) is 13.6. The maximum Gasteiger partial charge on any atom is 0.141 e. The number of hydrogen-bond donors (Lipinski definition) is 1. The fourth-order valence-electron chi connectivity index (χ4n) is 1.99. The third kappa shape index (κ3) is 3.58. The predicted octanol–water partition coefficient (Wildman–Crippen LogP) is 3.45. The lowest BCUT2D eigenvalue weighted by atomic mass is 10.00. The van der Waals surface area contributed by atoms with E-state index in [-0.39, 0.29) is 11.9 Å². The van der Waals surface area contributed by atoms with Crippen molar-refractivity contribution in [2.24, 2.45) is 0 Å². The number of nitrogens with zero attached hydrogens (tertiary/aromatic N) is 1. The van der Waals surface area contributed by atoms with Crippen molar-refractivity contribution in [1.29, 1.82) is 0 Å². The zero-order chi connectivity index (χ0) is 13.7. The Morgan fingerprint density at radius 2 is 1.89 bits per heavy atom. The van der Waals surface area contributed by atoms with Gasteiger partial charge in [-0.05, 0) is 42.3 Å². The molecule has 0 amide bonds. The molecule has 0 spiro atoms. The summed E-state index contributed by atoms with van der Waals surface area (Å²) in [7, 11) is 0. The van der Waals surface area contributed by atoms with E-state index in [2.05, 4.69) is 10.3 Å². The second kappa shape index (κ2) is 6.38. The summed E-state index contributed by atoms with van der Waals surface area (Å²) < 4.78 is 26.6. The molecule has 100 valence electrons. The summed E-state index contributed by atoms with van der Waals surface area (Å²) in [5, 5.41) is 3.28. The summed E-state index contributed by atoms with van der Waals surface area (Å²) in [6.45, 7) is 2.80. The molecule has 2 aromatic rings. The minimum Gasteiger partial charge on any atom is -0.306 e. The van der Waals surface area contributed by atoms with Gasteiger partial charge in [0.2, 0.25) is 0 Å². The van der Waals surface area contributed by atoms with Gasteiger partial charge in [-0.25, -0.2) is 8.78 Å². The molecule has 1 aromatic heterocycles. The van der Waals surface area contributed by atoms with E-state index >= 15 is 0 Å². The first-order valence-electron chi connectivity index (χ1n) is 6.30. The first-order chi connectivity index (χ1) is 9.20. The van der Waals surface area contributed by atoms with Gasteiger partial charge in [0.05, 0.1) is 12.2 Å². The summed E-state index contributed by atoms with van der Waals surface area (Å²) in [4.78, 5) is 3.85. The van der Waals surface area contributed by atoms with Crippen molar-refractivity contribution >= 4 is 0 Å². The van der Waals surface area contributed by atoms with Gasteiger partial charge in [0.15, 0.2) is 0 Å². The van der Waals surface area contributed by atoms with Crippen LogP contribution in [0, 0.1) is 11.6 Å². The van der Waals surface area contributed by atoms with Gasteiger partial charge >= 0.3 is 0 Å². The van der Waals surface area contributed by atoms with Gasteiger partial charge < -0.3 is 5.32 Å². The Balaban J connectivity index is 2.35. The van der Waals surface area contributed by atoms with Crippen LogP contribution in [0.3, 0.4) is 0 Å². The molecule has 0 aliphatic rings. The molecule has 2 nitrogen and oxygen atoms in total. The maximum absolute atomic E-state index is 13.3. The Morgan fingerprint density at radius 1 is 1.11 bits per heavy atom. The van der Waals surface area contributed by atoms with E-state index in [9.17, 15) is 8.78 Å². The van der Waals surface area contributed by atoms with Gasteiger partial charge in [0.25, 0.3) is 0 Å². The Labute approximate surface area is 111 Å². The minimum absolute atomic E-state index is 0.251. The number of pyridine rings is 1. The van der Waals surface area contributed by atoms with Crippen molar-refractivity contribution in [2.45, 2.75) is 19.4 Å². The molecule has 0 bridgehead atoms. The van der Waals surface area contributed by atoms with Crippen LogP contribution < -0.4 is 5.32 Å². The lowest BCUT2D eigenvalue weighted by Crippen LogP contribution is -2.23. The quantitative estimate of drug-likeness (QED) is 0.892. The highest BCUT2D eigenvalue weighted by Crippen LogP contribution is 2.22. The molecule has 0 radical (unpaired) electrons. The van der Waals surface area contributed by atoms with Gasteiger partial charge in [0, 0.05) is 6.20 Å². The highest BCUT2D eigenvalue weighted by atomic mass is 19.1. The second-order valence-electron chi connectivity index (χ2n) is 4.38. The molecule has 0 fully saturated rings. The molecular weight excluding hydrogens is 246 g/mol. The van der Waals surface area contributed by atoms with Crippen LogP contribution in [-0.2, 0) is 0 Å². The molecule has 2 rings (SSSR count). The highest BCUT2D eigenvalue weighted by Gasteiger charge is 2.14. The number of hydrogen-bond acceptors (Lipinski definition) is 2. The van der Waals surface area contributed by atoms with E-state index in [1.54, 1.807) is 12.3 Å². The van der Waals surface area contributed by atoms with E-state index in [1.807, 2.05) is 13.0 Å². The topological polar surface area (TPSA) is 24.9 Å². The Bertz CT molecular complexity index is 498. The van der Waals surface area contributed by atoms with Crippen molar-refractivity contribution in [3.8, 4) is 0 Å². The van der Waals surface area contributed by atoms with Gasteiger partial charge in [-0.1, -0.05) is 19.1 Å². The van der Waals surface area contributed by atoms with Crippen LogP contribution in [0.15, 0.2) is 42.7 Å². The van der Waals surface area contributed by atoms with Crippen LogP contribution in [0.25, 0.3) is 0 Å². The lowest BCUT2D eigenvalue weighted by Gasteiger charge is -2.19. The van der Waals surface area contributed by atoms with Gasteiger partial charge in [0.1, 0.15) is 11.6 Å². The molecule has 19 heavy (non-hydrogen) atoms. The van der Waals surface area contributed by atoms with Crippen LogP contribution >= 0.6 is 0 Å². The highest BCUT2D eigenvalue weighted by molar-refractivity contribution is 5.30. The molecule has 1 unspecified atom stereocenters. The molecule has 0 saturated carbocycles. The van der Waals surface area contributed by atoms with Crippen molar-refractivity contribution < 1.29 is 8.78 Å². The molecule has 0 aliphatic carbocycles.